The summed E-state index contributed by atoms with van der Waals surface area (Å²) in [7, 11) is 0. The summed E-state index contributed by atoms with van der Waals surface area (Å²) in [6.45, 7) is -2.27. The van der Waals surface area contributed by atoms with Gasteiger partial charge >= 0.3 is 0 Å². The number of carbonyl (C=O) groups excluding carboxylic acids is 1. The molecule has 4 N–H and O–H groups in total. The minimum Gasteiger partial charge on any atom is -0.390 e. The fourth-order valence-corrected chi connectivity index (χ4v) is 0.996. The van der Waals surface area contributed by atoms with Crippen molar-refractivity contribution >= 4 is 5.91 Å². The van der Waals surface area contributed by atoms with E-state index in [0.29, 0.717) is 5.69 Å². The number of nitrogens with zero attached hydrogens (tertiary/aromatic N) is 3. The van der Waals surface area contributed by atoms with Crippen molar-refractivity contribution in [3.63, 3.8) is 0 Å². The van der Waals surface area contributed by atoms with Crippen LogP contribution in [0.3, 0.4) is 0 Å². The molecule has 1 aromatic rings. The van der Waals surface area contributed by atoms with E-state index in [2.05, 4.69) is 10.3 Å². The molecule has 0 fully saturated rings. The van der Waals surface area contributed by atoms with Crippen LogP contribution in [0.15, 0.2) is 6.20 Å². The monoisotopic (exact) mass is 249 g/mol. The average molecular weight is 249 g/mol. The first-order chi connectivity index (χ1) is 7.96. The number of hydrogen-bond donors (Lipinski definition) is 3. The summed E-state index contributed by atoms with van der Waals surface area (Å²) >= 11 is 0. The Bertz CT molecular complexity index is 382. The number of aliphatic hydroxyl groups excluding tert-OH is 1. The lowest BCUT2D eigenvalue weighted by atomic mass is 10.3. The van der Waals surface area contributed by atoms with E-state index < -0.39 is 25.0 Å². The van der Waals surface area contributed by atoms with Gasteiger partial charge in [-0.2, -0.15) is 0 Å². The van der Waals surface area contributed by atoms with Crippen LogP contribution < -0.4 is 11.1 Å². The maximum Gasteiger partial charge on any atom is 0.287 e. The van der Waals surface area contributed by atoms with Crippen LogP contribution in [0.2, 0.25) is 0 Å². The Hall–Kier alpha value is -1.61. The molecule has 0 saturated heterocycles. The van der Waals surface area contributed by atoms with Crippen LogP contribution >= 0.6 is 0 Å². The first kappa shape index (κ1) is 13.5. The van der Waals surface area contributed by atoms with Gasteiger partial charge in [0.1, 0.15) is 13.2 Å². The Morgan fingerprint density at radius 2 is 2.35 bits per heavy atom. The highest BCUT2D eigenvalue weighted by Crippen LogP contribution is 2.09. The summed E-state index contributed by atoms with van der Waals surface area (Å²) in [5.41, 5.74) is 5.78. The zero-order valence-electron chi connectivity index (χ0n) is 8.94. The highest BCUT2D eigenvalue weighted by atomic mass is 19.3. The fraction of sp³-hybridized carbons (Fsp3) is 0.625. The van der Waals surface area contributed by atoms with Gasteiger partial charge < -0.3 is 16.2 Å². The first-order valence-electron chi connectivity index (χ1n) is 4.81. The highest BCUT2D eigenvalue weighted by molar-refractivity contribution is 5.75. The van der Waals surface area contributed by atoms with Gasteiger partial charge in [-0.15, -0.1) is 5.10 Å². The fourth-order valence-electron chi connectivity index (χ4n) is 0.996. The number of nitrogens with two attached hydrogens (primary N) is 1. The molecule has 1 aromatic heterocycles. The molecule has 0 aliphatic carbocycles. The lowest BCUT2D eigenvalue weighted by molar-refractivity contribution is -0.124. The predicted molar refractivity (Wildman–Crippen MR) is 53.0 cm³/mol. The molecule has 1 rings (SSSR count). The SMILES string of the molecule is NCc1cn(CC(=O)NCC(F)(F)CO)nn1. The van der Waals surface area contributed by atoms with Crippen molar-refractivity contribution < 1.29 is 18.7 Å². The molecule has 0 radical (unpaired) electrons. The normalized spacial score (nSPS) is 11.5. The van der Waals surface area contributed by atoms with Gasteiger partial charge in [0.2, 0.25) is 5.91 Å². The number of hydrogen-bond acceptors (Lipinski definition) is 5. The van der Waals surface area contributed by atoms with Crippen molar-refractivity contribution in [3.8, 4) is 0 Å². The maximum atomic E-state index is 12.6. The average Bonchev–Trinajstić information content (AvgIpc) is 2.74. The maximum absolute atomic E-state index is 12.6. The molecule has 17 heavy (non-hydrogen) atoms. The number of aliphatic hydroxyl groups is 1. The van der Waals surface area contributed by atoms with Gasteiger partial charge in [-0.3, -0.25) is 4.79 Å². The van der Waals surface area contributed by atoms with Crippen LogP contribution in [0.4, 0.5) is 8.78 Å². The van der Waals surface area contributed by atoms with E-state index in [1.807, 2.05) is 5.32 Å². The summed E-state index contributed by atoms with van der Waals surface area (Å²) in [5.74, 6) is -3.97. The molecule has 0 aromatic carbocycles. The standard InChI is InChI=1S/C8H13F2N5O2/c9-8(10,5-16)4-12-7(17)3-15-2-6(1-11)13-14-15/h2,16H,1,3-5,11H2,(H,12,17). The van der Waals surface area contributed by atoms with Crippen molar-refractivity contribution in [2.75, 3.05) is 13.2 Å². The Labute approximate surface area is 95.6 Å². The van der Waals surface area contributed by atoms with Gasteiger partial charge in [-0.1, -0.05) is 5.21 Å². The van der Waals surface area contributed by atoms with Gasteiger partial charge in [0.15, 0.2) is 0 Å². The van der Waals surface area contributed by atoms with E-state index in [-0.39, 0.29) is 13.1 Å². The van der Waals surface area contributed by atoms with E-state index in [1.54, 1.807) is 0 Å². The van der Waals surface area contributed by atoms with E-state index in [9.17, 15) is 13.6 Å². The summed E-state index contributed by atoms with van der Waals surface area (Å²) in [5, 5.41) is 17.5. The van der Waals surface area contributed by atoms with Crippen molar-refractivity contribution in [1.29, 1.82) is 0 Å². The Morgan fingerprint density at radius 1 is 1.65 bits per heavy atom. The van der Waals surface area contributed by atoms with Crippen molar-refractivity contribution in [2.24, 2.45) is 5.73 Å². The number of alkyl halides is 2. The smallest absolute Gasteiger partial charge is 0.287 e. The molecule has 96 valence electrons. The zero-order chi connectivity index (χ0) is 12.9. The van der Waals surface area contributed by atoms with Crippen molar-refractivity contribution in [2.45, 2.75) is 19.0 Å². The minimum atomic E-state index is -3.32. The number of aromatic nitrogens is 3. The van der Waals surface area contributed by atoms with Crippen LogP contribution in [0, 0.1) is 0 Å². The molecule has 0 unspecified atom stereocenters. The summed E-state index contributed by atoms with van der Waals surface area (Å²) < 4.78 is 26.4. The number of halogens is 2. The van der Waals surface area contributed by atoms with E-state index in [1.165, 1.54) is 10.9 Å². The third kappa shape index (κ3) is 4.41. The molecular weight excluding hydrogens is 236 g/mol. The lowest BCUT2D eigenvalue weighted by Crippen LogP contribution is -2.40. The molecule has 9 heteroatoms. The Kier molecular flexibility index (Phi) is 4.46. The van der Waals surface area contributed by atoms with Crippen LogP contribution in [-0.4, -0.2) is 45.1 Å². The van der Waals surface area contributed by atoms with Crippen LogP contribution in [0.5, 0.6) is 0 Å². The molecule has 0 bridgehead atoms. The topological polar surface area (TPSA) is 106 Å². The zero-order valence-corrected chi connectivity index (χ0v) is 8.94. The quantitative estimate of drug-likeness (QED) is 0.567. The van der Waals surface area contributed by atoms with Gasteiger partial charge in [0, 0.05) is 6.54 Å². The molecule has 0 aliphatic heterocycles. The van der Waals surface area contributed by atoms with Crippen LogP contribution in [-0.2, 0) is 17.9 Å². The number of amides is 1. The largest absolute Gasteiger partial charge is 0.390 e. The van der Waals surface area contributed by atoms with Gasteiger partial charge in [-0.05, 0) is 0 Å². The molecular formula is C8H13F2N5O2. The van der Waals surface area contributed by atoms with Gasteiger partial charge in [0.25, 0.3) is 5.92 Å². The molecule has 0 saturated carbocycles. The number of nitrogens with one attached hydrogen (secondary N) is 1. The second kappa shape index (κ2) is 5.64. The lowest BCUT2D eigenvalue weighted by Gasteiger charge is -2.13. The minimum absolute atomic E-state index is 0.185. The summed E-state index contributed by atoms with van der Waals surface area (Å²) in [4.78, 5) is 11.2. The Balaban J connectivity index is 2.39. The van der Waals surface area contributed by atoms with Crippen LogP contribution in [0.1, 0.15) is 5.69 Å². The molecule has 7 nitrogen and oxygen atoms in total. The molecule has 0 spiro atoms. The van der Waals surface area contributed by atoms with Gasteiger partial charge in [-0.25, -0.2) is 13.5 Å². The third-order valence-corrected chi connectivity index (χ3v) is 1.88. The van der Waals surface area contributed by atoms with E-state index in [4.69, 9.17) is 10.8 Å². The van der Waals surface area contributed by atoms with Gasteiger partial charge in [0.05, 0.1) is 18.4 Å². The van der Waals surface area contributed by atoms with Crippen LogP contribution in [0.25, 0.3) is 0 Å². The van der Waals surface area contributed by atoms with E-state index >= 15 is 0 Å². The first-order valence-corrected chi connectivity index (χ1v) is 4.81. The predicted octanol–water partition coefficient (Wildman–Crippen LogP) is -1.52. The van der Waals surface area contributed by atoms with Crippen molar-refractivity contribution in [3.05, 3.63) is 11.9 Å². The molecule has 0 atom stereocenters. The molecule has 0 aliphatic rings. The van der Waals surface area contributed by atoms with Crippen molar-refractivity contribution in [1.82, 2.24) is 20.3 Å². The Morgan fingerprint density at radius 3 is 2.88 bits per heavy atom. The third-order valence-electron chi connectivity index (χ3n) is 1.88. The second-order valence-electron chi connectivity index (χ2n) is 3.40. The summed E-state index contributed by atoms with van der Waals surface area (Å²) in [6.07, 6.45) is 1.45. The summed E-state index contributed by atoms with van der Waals surface area (Å²) in [6, 6.07) is 0. The second-order valence-corrected chi connectivity index (χ2v) is 3.40. The highest BCUT2D eigenvalue weighted by Gasteiger charge is 2.28. The molecule has 1 heterocycles. The molecule has 1 amide bonds. The number of carbonyl (C=O) groups is 1. The van der Waals surface area contributed by atoms with E-state index in [0.717, 1.165) is 0 Å². The number of rotatable bonds is 6.